The van der Waals surface area contributed by atoms with Crippen molar-refractivity contribution in [3.63, 3.8) is 0 Å². The number of hydrogen-bond acceptors (Lipinski definition) is 2. The molecule has 3 heteroatoms. The number of aromatic nitrogens is 1. The summed E-state index contributed by atoms with van der Waals surface area (Å²) in [5.41, 5.74) is 0. The van der Waals surface area contributed by atoms with E-state index < -0.39 is 0 Å². The number of rotatable bonds is 3. The van der Waals surface area contributed by atoms with E-state index >= 15 is 0 Å². The maximum absolute atomic E-state index is 5.84. The predicted octanol–water partition coefficient (Wildman–Crippen LogP) is 2.27. The zero-order valence-electron chi connectivity index (χ0n) is 9.57. The van der Waals surface area contributed by atoms with Crippen molar-refractivity contribution in [2.45, 2.75) is 38.8 Å². The van der Waals surface area contributed by atoms with Crippen molar-refractivity contribution >= 4 is 0 Å². The molecular formula is C12H20N2O. The Morgan fingerprint density at radius 3 is 2.67 bits per heavy atom. The summed E-state index contributed by atoms with van der Waals surface area (Å²) in [4.78, 5) is 5.59. The first-order valence-electron chi connectivity index (χ1n) is 5.80. The minimum Gasteiger partial charge on any atom is -0.476 e. The van der Waals surface area contributed by atoms with Crippen LogP contribution in [-0.4, -0.2) is 35.1 Å². The van der Waals surface area contributed by atoms with Crippen LogP contribution in [-0.2, 0) is 0 Å². The van der Waals surface area contributed by atoms with Gasteiger partial charge >= 0.3 is 0 Å². The Labute approximate surface area is 91.4 Å². The summed E-state index contributed by atoms with van der Waals surface area (Å²) in [5, 5.41) is 0. The van der Waals surface area contributed by atoms with Crippen molar-refractivity contribution in [1.29, 1.82) is 0 Å². The molecule has 1 fully saturated rings. The van der Waals surface area contributed by atoms with Gasteiger partial charge in [0.05, 0.1) is 0 Å². The monoisotopic (exact) mass is 208 g/mol. The molecular weight excluding hydrogens is 188 g/mol. The second kappa shape index (κ2) is 4.71. The van der Waals surface area contributed by atoms with Gasteiger partial charge in [0, 0.05) is 25.3 Å². The SMILES string of the molecule is CC(C)N1CCC(Oc2ccc[nH]2)CC1. The summed E-state index contributed by atoms with van der Waals surface area (Å²) >= 11 is 0. The highest BCUT2D eigenvalue weighted by atomic mass is 16.5. The van der Waals surface area contributed by atoms with Gasteiger partial charge in [-0.05, 0) is 38.8 Å². The first-order chi connectivity index (χ1) is 7.25. The van der Waals surface area contributed by atoms with Crippen LogP contribution in [0.2, 0.25) is 0 Å². The lowest BCUT2D eigenvalue weighted by molar-refractivity contribution is 0.0816. The molecule has 84 valence electrons. The van der Waals surface area contributed by atoms with Gasteiger partial charge < -0.3 is 14.6 Å². The number of hydrogen-bond donors (Lipinski definition) is 1. The van der Waals surface area contributed by atoms with Crippen molar-refractivity contribution in [2.24, 2.45) is 0 Å². The van der Waals surface area contributed by atoms with Crippen molar-refractivity contribution in [2.75, 3.05) is 13.1 Å². The molecule has 0 aliphatic carbocycles. The number of piperidine rings is 1. The summed E-state index contributed by atoms with van der Waals surface area (Å²) in [7, 11) is 0. The van der Waals surface area contributed by atoms with E-state index in [1.54, 1.807) is 0 Å². The van der Waals surface area contributed by atoms with Gasteiger partial charge in [-0.3, -0.25) is 0 Å². The van der Waals surface area contributed by atoms with E-state index in [0.29, 0.717) is 12.1 Å². The molecule has 1 aliphatic heterocycles. The van der Waals surface area contributed by atoms with E-state index in [2.05, 4.69) is 23.7 Å². The second-order valence-corrected chi connectivity index (χ2v) is 4.48. The number of likely N-dealkylation sites (tertiary alicyclic amines) is 1. The zero-order chi connectivity index (χ0) is 10.7. The standard InChI is InChI=1S/C12H20N2O/c1-10(2)14-8-5-11(6-9-14)15-12-4-3-7-13-12/h3-4,7,10-11,13H,5-6,8-9H2,1-2H3. The molecule has 2 heterocycles. The number of nitrogens with one attached hydrogen (secondary N) is 1. The van der Waals surface area contributed by atoms with E-state index in [-0.39, 0.29) is 0 Å². The fourth-order valence-electron chi connectivity index (χ4n) is 2.08. The Morgan fingerprint density at radius 1 is 1.40 bits per heavy atom. The van der Waals surface area contributed by atoms with Crippen LogP contribution in [0.1, 0.15) is 26.7 Å². The van der Waals surface area contributed by atoms with Crippen LogP contribution in [0, 0.1) is 0 Å². The topological polar surface area (TPSA) is 28.3 Å². The molecule has 0 saturated carbocycles. The van der Waals surface area contributed by atoms with E-state index in [1.165, 1.54) is 0 Å². The molecule has 1 N–H and O–H groups in total. The molecule has 1 saturated heterocycles. The molecule has 0 bridgehead atoms. The van der Waals surface area contributed by atoms with Crippen LogP contribution in [0.25, 0.3) is 0 Å². The Morgan fingerprint density at radius 2 is 2.13 bits per heavy atom. The molecule has 0 amide bonds. The van der Waals surface area contributed by atoms with E-state index in [4.69, 9.17) is 4.74 Å². The molecule has 0 atom stereocenters. The van der Waals surface area contributed by atoms with E-state index in [0.717, 1.165) is 31.8 Å². The predicted molar refractivity (Wildman–Crippen MR) is 61.2 cm³/mol. The van der Waals surface area contributed by atoms with Gasteiger partial charge in [-0.2, -0.15) is 0 Å². The first kappa shape index (κ1) is 10.6. The van der Waals surface area contributed by atoms with Crippen molar-refractivity contribution < 1.29 is 4.74 Å². The summed E-state index contributed by atoms with van der Waals surface area (Å²) in [5.74, 6) is 0.901. The van der Waals surface area contributed by atoms with Gasteiger partial charge in [0.1, 0.15) is 6.10 Å². The van der Waals surface area contributed by atoms with E-state index in [9.17, 15) is 0 Å². The van der Waals surface area contributed by atoms with Gasteiger partial charge in [0.2, 0.25) is 0 Å². The number of nitrogens with zero attached hydrogens (tertiary/aromatic N) is 1. The molecule has 2 rings (SSSR count). The van der Waals surface area contributed by atoms with Crippen LogP contribution in [0.15, 0.2) is 18.3 Å². The number of aromatic amines is 1. The summed E-state index contributed by atoms with van der Waals surface area (Å²) in [6.45, 7) is 6.82. The largest absolute Gasteiger partial charge is 0.476 e. The van der Waals surface area contributed by atoms with Gasteiger partial charge in [-0.25, -0.2) is 0 Å². The van der Waals surface area contributed by atoms with Crippen molar-refractivity contribution in [3.8, 4) is 5.88 Å². The highest BCUT2D eigenvalue weighted by Gasteiger charge is 2.21. The van der Waals surface area contributed by atoms with Gasteiger partial charge in [-0.1, -0.05) is 0 Å². The minimum absolute atomic E-state index is 0.388. The Hall–Kier alpha value is -0.960. The Balaban J connectivity index is 1.79. The molecule has 1 aliphatic rings. The highest BCUT2D eigenvalue weighted by Crippen LogP contribution is 2.18. The molecule has 3 nitrogen and oxygen atoms in total. The minimum atomic E-state index is 0.388. The Kier molecular flexibility index (Phi) is 3.31. The molecule has 0 radical (unpaired) electrons. The van der Waals surface area contributed by atoms with Crippen LogP contribution in [0.4, 0.5) is 0 Å². The van der Waals surface area contributed by atoms with Crippen LogP contribution in [0.3, 0.4) is 0 Å². The highest BCUT2D eigenvalue weighted by molar-refractivity contribution is 5.10. The molecule has 0 unspecified atom stereocenters. The fourth-order valence-corrected chi connectivity index (χ4v) is 2.08. The zero-order valence-corrected chi connectivity index (χ0v) is 9.57. The average Bonchev–Trinajstić information content (AvgIpc) is 2.71. The lowest BCUT2D eigenvalue weighted by atomic mass is 10.1. The van der Waals surface area contributed by atoms with Crippen LogP contribution >= 0.6 is 0 Å². The smallest absolute Gasteiger partial charge is 0.190 e. The second-order valence-electron chi connectivity index (χ2n) is 4.48. The van der Waals surface area contributed by atoms with Crippen LogP contribution < -0.4 is 4.74 Å². The lowest BCUT2D eigenvalue weighted by Crippen LogP contribution is -2.41. The molecule has 0 spiro atoms. The third-order valence-corrected chi connectivity index (χ3v) is 3.07. The maximum atomic E-state index is 5.84. The third kappa shape index (κ3) is 2.75. The summed E-state index contributed by atoms with van der Waals surface area (Å²) < 4.78 is 5.84. The molecule has 15 heavy (non-hydrogen) atoms. The Bertz CT molecular complexity index is 274. The van der Waals surface area contributed by atoms with Crippen molar-refractivity contribution in [1.82, 2.24) is 9.88 Å². The number of H-pyrrole nitrogens is 1. The normalized spacial score (nSPS) is 19.7. The van der Waals surface area contributed by atoms with E-state index in [1.807, 2.05) is 18.3 Å². The van der Waals surface area contributed by atoms with Gasteiger partial charge in [-0.15, -0.1) is 0 Å². The molecule has 1 aromatic rings. The summed E-state index contributed by atoms with van der Waals surface area (Å²) in [6.07, 6.45) is 4.56. The van der Waals surface area contributed by atoms with Crippen LogP contribution in [0.5, 0.6) is 5.88 Å². The molecule has 1 aromatic heterocycles. The quantitative estimate of drug-likeness (QED) is 0.825. The van der Waals surface area contributed by atoms with Crippen molar-refractivity contribution in [3.05, 3.63) is 18.3 Å². The van der Waals surface area contributed by atoms with Gasteiger partial charge in [0.25, 0.3) is 0 Å². The number of ether oxygens (including phenoxy) is 1. The first-order valence-corrected chi connectivity index (χ1v) is 5.80. The lowest BCUT2D eigenvalue weighted by Gasteiger charge is -2.34. The maximum Gasteiger partial charge on any atom is 0.190 e. The third-order valence-electron chi connectivity index (χ3n) is 3.07. The van der Waals surface area contributed by atoms with Gasteiger partial charge in [0.15, 0.2) is 5.88 Å². The molecule has 0 aromatic carbocycles. The summed E-state index contributed by atoms with van der Waals surface area (Å²) in [6, 6.07) is 4.62. The fraction of sp³-hybridized carbons (Fsp3) is 0.667. The average molecular weight is 208 g/mol.